The Labute approximate surface area is 207 Å². The van der Waals surface area contributed by atoms with Gasteiger partial charge in [0, 0.05) is 24.4 Å². The molecule has 0 saturated carbocycles. The molecule has 36 heavy (non-hydrogen) atoms. The third-order valence-electron chi connectivity index (χ3n) is 8.17. The predicted molar refractivity (Wildman–Crippen MR) is 123 cm³/mol. The smallest absolute Gasteiger partial charge is 0.352 e. The number of benzene rings is 1. The average Bonchev–Trinajstić information content (AvgIpc) is 3.19. The molecule has 1 fully saturated rings. The summed E-state index contributed by atoms with van der Waals surface area (Å²) in [5, 5.41) is 31.4. The van der Waals surface area contributed by atoms with Gasteiger partial charge in [0.1, 0.15) is 11.8 Å². The van der Waals surface area contributed by atoms with Crippen molar-refractivity contribution in [2.24, 2.45) is 5.73 Å². The summed E-state index contributed by atoms with van der Waals surface area (Å²) in [5.41, 5.74) is 5.32. The highest BCUT2D eigenvalue weighted by Crippen LogP contribution is 2.65. The van der Waals surface area contributed by atoms with E-state index in [1.165, 1.54) is 6.92 Å². The van der Waals surface area contributed by atoms with Crippen LogP contribution < -0.4 is 10.5 Å². The van der Waals surface area contributed by atoms with Crippen molar-refractivity contribution in [1.82, 2.24) is 4.90 Å². The zero-order valence-electron chi connectivity index (χ0n) is 20.1. The van der Waals surface area contributed by atoms with Gasteiger partial charge in [-0.3, -0.25) is 9.59 Å². The van der Waals surface area contributed by atoms with Crippen LogP contribution in [0.2, 0.25) is 0 Å². The van der Waals surface area contributed by atoms with Gasteiger partial charge in [-0.1, -0.05) is 6.07 Å². The predicted octanol–water partition coefficient (Wildman–Crippen LogP) is 0.337. The van der Waals surface area contributed by atoms with Gasteiger partial charge < -0.3 is 40.2 Å². The summed E-state index contributed by atoms with van der Waals surface area (Å²) in [4.78, 5) is 37.9. The van der Waals surface area contributed by atoms with E-state index in [0.717, 1.165) is 11.1 Å². The molecule has 6 atom stereocenters. The van der Waals surface area contributed by atoms with Gasteiger partial charge in [0.2, 0.25) is 0 Å². The highest BCUT2D eigenvalue weighted by molar-refractivity contribution is 5.82. The Balaban J connectivity index is 1.39. The number of aromatic hydroxyl groups is 1. The molecule has 1 spiro atoms. The Kier molecular flexibility index (Phi) is 5.77. The number of hydrogen-bond donors (Lipinski definition) is 4. The number of carbonyl (C=O) groups excluding carboxylic acids is 2. The molecule has 5 N–H and O–H groups in total. The zero-order chi connectivity index (χ0) is 26.0. The van der Waals surface area contributed by atoms with Crippen LogP contribution in [0.5, 0.6) is 11.5 Å². The number of carboxylic acid groups (broad SMARTS) is 1. The number of rotatable bonds is 7. The molecule has 1 saturated heterocycles. The summed E-state index contributed by atoms with van der Waals surface area (Å²) in [7, 11) is 1.98. The van der Waals surface area contributed by atoms with Crippen LogP contribution in [-0.2, 0) is 35.7 Å². The molecule has 2 bridgehead atoms. The summed E-state index contributed by atoms with van der Waals surface area (Å²) < 4.78 is 17.0. The third kappa shape index (κ3) is 3.40. The van der Waals surface area contributed by atoms with Crippen LogP contribution in [0, 0.1) is 0 Å². The molecule has 2 aliphatic carbocycles. The molecular formula is C25H30N2O9. The Morgan fingerprint density at radius 2 is 2.06 bits per heavy atom. The van der Waals surface area contributed by atoms with Crippen molar-refractivity contribution in [3.63, 3.8) is 0 Å². The molecule has 11 heteroatoms. The number of ether oxygens (including phenoxy) is 3. The maximum Gasteiger partial charge on any atom is 0.352 e. The topological polar surface area (TPSA) is 169 Å². The number of aliphatic hydroxyl groups is 1. The monoisotopic (exact) mass is 502 g/mol. The summed E-state index contributed by atoms with van der Waals surface area (Å²) in [6.07, 6.45) is 0.390. The number of esters is 2. The standard InChI is InChI=1S/C25H30N2O9/c1-12(34-23(32)14(26)4-6-18(29)30)22(31)35-16-7-8-25(33)17-11-13-3-5-15(28)20-19(13)24(25,21(16)36-20)9-10-27(17)2/h3,5,7,12,14,17,21,28,33H,4,6,8-11,26H2,1-2H3,(H,29,30)/t12-,14-,17+,21-,24-,25+/m0/s1. The van der Waals surface area contributed by atoms with Gasteiger partial charge in [-0.2, -0.15) is 0 Å². The number of hydrogen-bond acceptors (Lipinski definition) is 10. The SMILES string of the molecule is C[C@H](OC(=O)[C@@H](N)CCC(=O)O)C(=O)OC1=CC[C@@]2(O)[C@H]3Cc4ccc(O)c5c4[C@@]2(CCN3C)[C@H]1O5. The fourth-order valence-corrected chi connectivity index (χ4v) is 6.34. The maximum absolute atomic E-state index is 12.9. The number of nitrogens with zero attached hydrogens (tertiary/aromatic N) is 1. The highest BCUT2D eigenvalue weighted by Gasteiger charge is 2.72. The zero-order valence-corrected chi connectivity index (χ0v) is 20.1. The van der Waals surface area contributed by atoms with Crippen LogP contribution in [0.3, 0.4) is 0 Å². The highest BCUT2D eigenvalue weighted by atomic mass is 16.6. The van der Waals surface area contributed by atoms with E-state index in [9.17, 15) is 24.6 Å². The van der Waals surface area contributed by atoms with Gasteiger partial charge in [-0.15, -0.1) is 0 Å². The van der Waals surface area contributed by atoms with Crippen LogP contribution in [0.4, 0.5) is 0 Å². The lowest BCUT2D eigenvalue weighted by Crippen LogP contribution is -2.74. The molecule has 0 aromatic heterocycles. The molecule has 1 aromatic carbocycles. The van der Waals surface area contributed by atoms with E-state index < -0.39 is 47.2 Å². The normalized spacial score (nSPS) is 31.4. The van der Waals surface area contributed by atoms with Gasteiger partial charge in [0.25, 0.3) is 0 Å². The molecule has 1 aromatic rings. The first kappa shape index (κ1) is 24.5. The molecular weight excluding hydrogens is 472 g/mol. The van der Waals surface area contributed by atoms with Crippen LogP contribution in [0.15, 0.2) is 24.0 Å². The van der Waals surface area contributed by atoms with E-state index in [1.807, 2.05) is 13.1 Å². The van der Waals surface area contributed by atoms with Crippen LogP contribution in [-0.4, -0.2) is 81.6 Å². The summed E-state index contributed by atoms with van der Waals surface area (Å²) >= 11 is 0. The number of phenols is 1. The molecule has 194 valence electrons. The minimum Gasteiger partial charge on any atom is -0.504 e. The Morgan fingerprint density at radius 3 is 2.78 bits per heavy atom. The largest absolute Gasteiger partial charge is 0.504 e. The number of aliphatic carboxylic acids is 1. The van der Waals surface area contributed by atoms with Crippen molar-refractivity contribution in [2.45, 2.75) is 74.3 Å². The van der Waals surface area contributed by atoms with Gasteiger partial charge in [-0.25, -0.2) is 4.79 Å². The lowest BCUT2D eigenvalue weighted by molar-refractivity contribution is -0.175. The summed E-state index contributed by atoms with van der Waals surface area (Å²) in [6.45, 7) is 2.02. The number of likely N-dealkylation sites (N-methyl/N-ethyl adjacent to an activating group) is 1. The minimum atomic E-state index is -1.31. The second kappa shape index (κ2) is 8.46. The van der Waals surface area contributed by atoms with Crippen molar-refractivity contribution < 1.29 is 43.9 Å². The van der Waals surface area contributed by atoms with Crippen molar-refractivity contribution in [2.75, 3.05) is 13.6 Å². The molecule has 2 aliphatic heterocycles. The van der Waals surface area contributed by atoms with Crippen LogP contribution in [0.1, 0.15) is 43.7 Å². The van der Waals surface area contributed by atoms with Crippen LogP contribution in [0.25, 0.3) is 0 Å². The Bertz CT molecular complexity index is 1170. The molecule has 5 rings (SSSR count). The van der Waals surface area contributed by atoms with Crippen molar-refractivity contribution >= 4 is 17.9 Å². The Morgan fingerprint density at radius 1 is 1.31 bits per heavy atom. The van der Waals surface area contributed by atoms with E-state index in [2.05, 4.69) is 4.90 Å². The van der Waals surface area contributed by atoms with E-state index in [-0.39, 0.29) is 36.8 Å². The molecule has 11 nitrogen and oxygen atoms in total. The quantitative estimate of drug-likeness (QED) is 0.379. The fourth-order valence-electron chi connectivity index (χ4n) is 6.34. The second-order valence-corrected chi connectivity index (χ2v) is 10.1. The first-order chi connectivity index (χ1) is 17.0. The van der Waals surface area contributed by atoms with E-state index in [1.54, 1.807) is 12.1 Å². The van der Waals surface area contributed by atoms with Crippen molar-refractivity contribution in [3.05, 3.63) is 35.1 Å². The lowest BCUT2D eigenvalue weighted by atomic mass is 9.50. The van der Waals surface area contributed by atoms with E-state index >= 15 is 0 Å². The second-order valence-electron chi connectivity index (χ2n) is 10.1. The number of nitrogens with two attached hydrogens (primary N) is 1. The number of piperidine rings is 1. The first-order valence-electron chi connectivity index (χ1n) is 12.0. The van der Waals surface area contributed by atoms with Gasteiger partial charge >= 0.3 is 17.9 Å². The number of phenolic OH excluding ortho intramolecular Hbond substituents is 1. The maximum atomic E-state index is 12.9. The molecule has 0 unspecified atom stereocenters. The van der Waals surface area contributed by atoms with E-state index in [0.29, 0.717) is 25.1 Å². The van der Waals surface area contributed by atoms with Crippen molar-refractivity contribution in [1.29, 1.82) is 0 Å². The van der Waals surface area contributed by atoms with Gasteiger partial charge in [0.05, 0.1) is 11.0 Å². The lowest BCUT2D eigenvalue weighted by Gasteiger charge is -2.61. The number of carbonyl (C=O) groups is 3. The van der Waals surface area contributed by atoms with Crippen molar-refractivity contribution in [3.8, 4) is 11.5 Å². The molecule has 0 amide bonds. The summed E-state index contributed by atoms with van der Waals surface area (Å²) in [5.74, 6) is -2.41. The Hall–Kier alpha value is -3.15. The van der Waals surface area contributed by atoms with E-state index in [4.69, 9.17) is 25.1 Å². The molecule has 2 heterocycles. The van der Waals surface area contributed by atoms with Gasteiger partial charge in [0.15, 0.2) is 23.7 Å². The number of likely N-dealkylation sites (tertiary alicyclic amines) is 1. The molecule has 4 aliphatic rings. The fraction of sp³-hybridized carbons (Fsp3) is 0.560. The molecule has 0 radical (unpaired) electrons. The average molecular weight is 503 g/mol. The minimum absolute atomic E-state index is 0.0411. The number of carboxylic acids is 1. The third-order valence-corrected chi connectivity index (χ3v) is 8.17. The van der Waals surface area contributed by atoms with Gasteiger partial charge in [-0.05, 0) is 57.5 Å². The first-order valence-corrected chi connectivity index (χ1v) is 12.0. The van der Waals surface area contributed by atoms with Crippen LogP contribution >= 0.6 is 0 Å². The summed E-state index contributed by atoms with van der Waals surface area (Å²) in [6, 6.07) is 2.06.